The largest absolute Gasteiger partial charge is 0.464 e. The second kappa shape index (κ2) is 22.2. The van der Waals surface area contributed by atoms with Gasteiger partial charge in [-0.05, 0) is 32.1 Å². The lowest BCUT2D eigenvalue weighted by molar-refractivity contribution is -0.148. The summed E-state index contributed by atoms with van der Waals surface area (Å²) in [6.07, 6.45) is 26.1. The Morgan fingerprint density at radius 3 is 1.62 bits per heavy atom. The summed E-state index contributed by atoms with van der Waals surface area (Å²) in [5.74, 6) is -0.127. The van der Waals surface area contributed by atoms with E-state index >= 15 is 0 Å². The van der Waals surface area contributed by atoms with Crippen molar-refractivity contribution in [3.63, 3.8) is 0 Å². The molecule has 0 aromatic carbocycles. The first-order chi connectivity index (χ1) is 16.7. The van der Waals surface area contributed by atoms with E-state index in [4.69, 9.17) is 9.47 Å². The van der Waals surface area contributed by atoms with Gasteiger partial charge in [-0.1, -0.05) is 122 Å². The van der Waals surface area contributed by atoms with Crippen LogP contribution in [0, 0.1) is 5.92 Å². The predicted molar refractivity (Wildman–Crippen MR) is 141 cm³/mol. The van der Waals surface area contributed by atoms with Crippen LogP contribution in [-0.2, 0) is 14.3 Å². The van der Waals surface area contributed by atoms with Gasteiger partial charge >= 0.3 is 12.1 Å². The summed E-state index contributed by atoms with van der Waals surface area (Å²) in [7, 11) is 0. The number of rotatable bonds is 21. The third-order valence-electron chi connectivity index (χ3n) is 7.17. The summed E-state index contributed by atoms with van der Waals surface area (Å²) in [6.45, 7) is 4.80. The van der Waals surface area contributed by atoms with Crippen LogP contribution in [-0.4, -0.2) is 31.3 Å². The molecule has 0 radical (unpaired) electrons. The average Bonchev–Trinajstić information content (AvgIpc) is 2.85. The third kappa shape index (κ3) is 16.4. The van der Waals surface area contributed by atoms with Crippen molar-refractivity contribution in [1.29, 1.82) is 0 Å². The molecule has 34 heavy (non-hydrogen) atoms. The van der Waals surface area contributed by atoms with Gasteiger partial charge in [-0.25, -0.2) is 9.59 Å². The zero-order chi connectivity index (χ0) is 24.7. The molecule has 1 unspecified atom stereocenters. The highest BCUT2D eigenvalue weighted by molar-refractivity contribution is 5.81. The number of unbranched alkanes of at least 4 members (excludes halogenated alkanes) is 15. The van der Waals surface area contributed by atoms with E-state index in [9.17, 15) is 9.59 Å². The zero-order valence-electron chi connectivity index (χ0n) is 22.6. The highest BCUT2D eigenvalue weighted by atomic mass is 16.6. The number of carbonyl (C=O) groups excluding carboxylic acids is 2. The number of amides is 1. The molecule has 1 amide bonds. The van der Waals surface area contributed by atoms with Crippen LogP contribution in [0.4, 0.5) is 4.79 Å². The van der Waals surface area contributed by atoms with E-state index in [0.717, 1.165) is 38.5 Å². The molecule has 0 heterocycles. The molecule has 1 aliphatic carbocycles. The van der Waals surface area contributed by atoms with Crippen molar-refractivity contribution in [1.82, 2.24) is 5.32 Å². The van der Waals surface area contributed by atoms with Gasteiger partial charge in [-0.3, -0.25) is 0 Å². The van der Waals surface area contributed by atoms with Crippen LogP contribution >= 0.6 is 0 Å². The molecule has 200 valence electrons. The minimum Gasteiger partial charge on any atom is -0.464 e. The number of hydrogen-bond donors (Lipinski definition) is 1. The maximum absolute atomic E-state index is 12.7. The molecule has 1 N–H and O–H groups in total. The molecule has 0 aromatic rings. The minimum absolute atomic E-state index is 0.163. The SMILES string of the molecule is CCCCCCCCCCCCCCCCCCOC(=O)C(NC(=O)OCC)C1CCCCC1. The third-order valence-corrected chi connectivity index (χ3v) is 7.17. The van der Waals surface area contributed by atoms with Crippen molar-refractivity contribution in [2.45, 2.75) is 155 Å². The van der Waals surface area contributed by atoms with Gasteiger partial charge in [0.25, 0.3) is 0 Å². The first kappa shape index (κ1) is 30.8. The van der Waals surface area contributed by atoms with E-state index in [2.05, 4.69) is 12.2 Å². The first-order valence-corrected chi connectivity index (χ1v) is 14.8. The Kier molecular flexibility index (Phi) is 20.1. The van der Waals surface area contributed by atoms with Crippen molar-refractivity contribution in [3.05, 3.63) is 0 Å². The standard InChI is InChI=1S/C29H55NO4/c1-3-5-6-7-8-9-10-11-12-13-14-15-16-17-18-22-25-34-28(31)27(30-29(32)33-4-2)26-23-20-19-21-24-26/h26-27H,3-25H2,1-2H3,(H,30,32). The van der Waals surface area contributed by atoms with Gasteiger partial charge in [-0.15, -0.1) is 0 Å². The van der Waals surface area contributed by atoms with Crippen LogP contribution in [0.25, 0.3) is 0 Å². The van der Waals surface area contributed by atoms with Gasteiger partial charge in [0, 0.05) is 0 Å². The van der Waals surface area contributed by atoms with Crippen LogP contribution in [0.3, 0.4) is 0 Å². The molecule has 1 atom stereocenters. The molecular formula is C29H55NO4. The lowest BCUT2D eigenvalue weighted by atomic mass is 9.84. The lowest BCUT2D eigenvalue weighted by Gasteiger charge is -2.29. The Hall–Kier alpha value is -1.26. The Bertz CT molecular complexity index is 491. The zero-order valence-corrected chi connectivity index (χ0v) is 22.6. The Balaban J connectivity index is 1.99. The number of hydrogen-bond acceptors (Lipinski definition) is 4. The summed E-state index contributed by atoms with van der Waals surface area (Å²) in [6, 6.07) is -0.569. The number of nitrogens with one attached hydrogen (secondary N) is 1. The van der Waals surface area contributed by atoms with E-state index in [1.54, 1.807) is 6.92 Å². The van der Waals surface area contributed by atoms with Gasteiger partial charge < -0.3 is 14.8 Å². The molecule has 1 fully saturated rings. The molecule has 1 aliphatic rings. The van der Waals surface area contributed by atoms with Crippen LogP contribution in [0.5, 0.6) is 0 Å². The summed E-state index contributed by atoms with van der Waals surface area (Å²) < 4.78 is 10.5. The van der Waals surface area contributed by atoms with Crippen molar-refractivity contribution < 1.29 is 19.1 Å². The van der Waals surface area contributed by atoms with E-state index in [1.807, 2.05) is 0 Å². The van der Waals surface area contributed by atoms with Crippen molar-refractivity contribution in [2.75, 3.05) is 13.2 Å². The molecule has 0 aromatic heterocycles. The van der Waals surface area contributed by atoms with Gasteiger partial charge in [0.2, 0.25) is 0 Å². The van der Waals surface area contributed by atoms with Crippen LogP contribution < -0.4 is 5.32 Å². The van der Waals surface area contributed by atoms with Crippen LogP contribution in [0.15, 0.2) is 0 Å². The number of carbonyl (C=O) groups is 2. The van der Waals surface area contributed by atoms with E-state index in [0.29, 0.717) is 13.2 Å². The van der Waals surface area contributed by atoms with Crippen LogP contribution in [0.1, 0.15) is 149 Å². The molecule has 1 rings (SSSR count). The molecule has 5 nitrogen and oxygen atoms in total. The average molecular weight is 482 g/mol. The number of esters is 1. The fourth-order valence-corrected chi connectivity index (χ4v) is 5.05. The normalized spacial score (nSPS) is 15.1. The van der Waals surface area contributed by atoms with Crippen LogP contribution in [0.2, 0.25) is 0 Å². The van der Waals surface area contributed by atoms with Gasteiger partial charge in [0.05, 0.1) is 13.2 Å². The Morgan fingerprint density at radius 1 is 0.676 bits per heavy atom. The number of ether oxygens (including phenoxy) is 2. The topological polar surface area (TPSA) is 64.6 Å². The van der Waals surface area contributed by atoms with Crippen molar-refractivity contribution in [3.8, 4) is 0 Å². The van der Waals surface area contributed by atoms with E-state index in [-0.39, 0.29) is 11.9 Å². The maximum Gasteiger partial charge on any atom is 0.407 e. The summed E-state index contributed by atoms with van der Waals surface area (Å²) in [5, 5.41) is 2.76. The summed E-state index contributed by atoms with van der Waals surface area (Å²) in [4.78, 5) is 24.5. The smallest absolute Gasteiger partial charge is 0.407 e. The molecule has 5 heteroatoms. The molecule has 0 saturated heterocycles. The molecule has 0 spiro atoms. The quantitative estimate of drug-likeness (QED) is 0.132. The Morgan fingerprint density at radius 2 is 1.15 bits per heavy atom. The van der Waals surface area contributed by atoms with Gasteiger partial charge in [0.1, 0.15) is 6.04 Å². The molecular weight excluding hydrogens is 426 g/mol. The monoisotopic (exact) mass is 481 g/mol. The lowest BCUT2D eigenvalue weighted by Crippen LogP contribution is -2.47. The highest BCUT2D eigenvalue weighted by Crippen LogP contribution is 2.27. The first-order valence-electron chi connectivity index (χ1n) is 14.8. The number of alkyl carbamates (subject to hydrolysis) is 1. The van der Waals surface area contributed by atoms with Crippen molar-refractivity contribution in [2.24, 2.45) is 5.92 Å². The van der Waals surface area contributed by atoms with E-state index in [1.165, 1.54) is 96.3 Å². The van der Waals surface area contributed by atoms with E-state index < -0.39 is 12.1 Å². The minimum atomic E-state index is -0.569. The second-order valence-corrected chi connectivity index (χ2v) is 10.2. The maximum atomic E-state index is 12.7. The fourth-order valence-electron chi connectivity index (χ4n) is 5.05. The molecule has 1 saturated carbocycles. The fraction of sp³-hybridized carbons (Fsp3) is 0.931. The predicted octanol–water partition coefficient (Wildman–Crippen LogP) is 8.49. The Labute approximate surface area is 210 Å². The summed E-state index contributed by atoms with van der Waals surface area (Å²) in [5.41, 5.74) is 0. The van der Waals surface area contributed by atoms with Gasteiger partial charge in [0.15, 0.2) is 0 Å². The van der Waals surface area contributed by atoms with Crippen molar-refractivity contribution >= 4 is 12.1 Å². The second-order valence-electron chi connectivity index (χ2n) is 10.2. The molecule has 0 bridgehead atoms. The highest BCUT2D eigenvalue weighted by Gasteiger charge is 2.32. The summed E-state index contributed by atoms with van der Waals surface area (Å²) >= 11 is 0. The molecule has 0 aliphatic heterocycles. The van der Waals surface area contributed by atoms with Gasteiger partial charge in [-0.2, -0.15) is 0 Å².